The predicted molar refractivity (Wildman–Crippen MR) is 119 cm³/mol. The molecule has 1 N–H and O–H groups in total. The molecule has 1 aliphatic heterocycles. The fraction of sp³-hybridized carbons (Fsp3) is 0.565. The highest BCUT2D eigenvalue weighted by molar-refractivity contribution is 5.81. The van der Waals surface area contributed by atoms with Crippen molar-refractivity contribution >= 4 is 23.1 Å². The van der Waals surface area contributed by atoms with Crippen molar-refractivity contribution in [2.75, 3.05) is 33.4 Å². The van der Waals surface area contributed by atoms with Gasteiger partial charge in [-0.25, -0.2) is 19.6 Å². The second-order valence-electron chi connectivity index (χ2n) is 8.89. The van der Waals surface area contributed by atoms with Gasteiger partial charge in [0.25, 0.3) is 0 Å². The van der Waals surface area contributed by atoms with E-state index in [2.05, 4.69) is 15.3 Å². The third-order valence-electron chi connectivity index (χ3n) is 4.99. The molecule has 0 radical (unpaired) electrons. The molecule has 2 aromatic rings. The number of pyridine rings is 2. The van der Waals surface area contributed by atoms with Crippen molar-refractivity contribution in [2.24, 2.45) is 0 Å². The quantitative estimate of drug-likeness (QED) is 0.464. The maximum absolute atomic E-state index is 12.0. The molecule has 1 atom stereocenters. The summed E-state index contributed by atoms with van der Waals surface area (Å²) in [6.07, 6.45) is 2.91. The summed E-state index contributed by atoms with van der Waals surface area (Å²) in [6, 6.07) is 7.18. The van der Waals surface area contributed by atoms with Crippen LogP contribution in [0.25, 0.3) is 11.0 Å². The monoisotopic (exact) mass is 444 g/mol. The third kappa shape index (κ3) is 7.13. The molecule has 1 fully saturated rings. The molecular weight excluding hydrogens is 412 g/mol. The zero-order valence-electron chi connectivity index (χ0n) is 19.2. The molecule has 1 aliphatic rings. The summed E-state index contributed by atoms with van der Waals surface area (Å²) >= 11 is 0. The SMILES string of the molecule is COC(=O)[C@H](CN1CC(OCCCc2ccc3cccnc3n2)C1)NC(=O)OC(C)(C)C. The normalized spacial score (nSPS) is 15.8. The summed E-state index contributed by atoms with van der Waals surface area (Å²) in [5, 5.41) is 3.63. The third-order valence-corrected chi connectivity index (χ3v) is 4.99. The summed E-state index contributed by atoms with van der Waals surface area (Å²) in [6.45, 7) is 7.68. The van der Waals surface area contributed by atoms with Crippen molar-refractivity contribution in [1.29, 1.82) is 0 Å². The van der Waals surface area contributed by atoms with Gasteiger partial charge in [0.05, 0.1) is 13.2 Å². The van der Waals surface area contributed by atoms with Gasteiger partial charge in [-0.3, -0.25) is 4.90 Å². The number of amides is 1. The molecule has 0 spiro atoms. The van der Waals surface area contributed by atoms with E-state index in [-0.39, 0.29) is 6.10 Å². The predicted octanol–water partition coefficient (Wildman–Crippen LogP) is 2.33. The highest BCUT2D eigenvalue weighted by Gasteiger charge is 2.33. The number of nitrogens with one attached hydrogen (secondary N) is 1. The number of carbonyl (C=O) groups is 2. The van der Waals surface area contributed by atoms with Crippen LogP contribution in [-0.2, 0) is 25.4 Å². The van der Waals surface area contributed by atoms with Gasteiger partial charge in [-0.2, -0.15) is 0 Å². The van der Waals surface area contributed by atoms with Crippen LogP contribution in [-0.4, -0.2) is 78.0 Å². The molecule has 0 aromatic carbocycles. The molecule has 0 bridgehead atoms. The number of esters is 1. The van der Waals surface area contributed by atoms with E-state index in [9.17, 15) is 9.59 Å². The van der Waals surface area contributed by atoms with Gasteiger partial charge in [-0.1, -0.05) is 0 Å². The lowest BCUT2D eigenvalue weighted by Gasteiger charge is -2.40. The Hall–Kier alpha value is -2.78. The van der Waals surface area contributed by atoms with Crippen LogP contribution in [0.2, 0.25) is 0 Å². The number of ether oxygens (including phenoxy) is 3. The average molecular weight is 445 g/mol. The van der Waals surface area contributed by atoms with Gasteiger partial charge in [0.15, 0.2) is 5.65 Å². The van der Waals surface area contributed by atoms with Crippen LogP contribution in [0.15, 0.2) is 30.5 Å². The van der Waals surface area contributed by atoms with Gasteiger partial charge >= 0.3 is 12.1 Å². The Kier molecular flexibility index (Phi) is 7.98. The van der Waals surface area contributed by atoms with Gasteiger partial charge in [0, 0.05) is 43.5 Å². The Bertz CT molecular complexity index is 924. The number of nitrogens with zero attached hydrogens (tertiary/aromatic N) is 3. The molecule has 3 rings (SSSR count). The number of methoxy groups -OCH3 is 1. The fourth-order valence-electron chi connectivity index (χ4n) is 3.44. The highest BCUT2D eigenvalue weighted by atomic mass is 16.6. The summed E-state index contributed by atoms with van der Waals surface area (Å²) in [7, 11) is 1.30. The minimum absolute atomic E-state index is 0.112. The summed E-state index contributed by atoms with van der Waals surface area (Å²) in [5.41, 5.74) is 1.13. The number of hydrogen-bond acceptors (Lipinski definition) is 8. The largest absolute Gasteiger partial charge is 0.467 e. The molecule has 9 heteroatoms. The Morgan fingerprint density at radius 2 is 2.03 bits per heavy atom. The van der Waals surface area contributed by atoms with Crippen LogP contribution in [0.5, 0.6) is 0 Å². The topological polar surface area (TPSA) is 103 Å². The minimum atomic E-state index is -0.789. The second-order valence-corrected chi connectivity index (χ2v) is 8.89. The maximum atomic E-state index is 12.0. The first kappa shape index (κ1) is 23.9. The van der Waals surface area contributed by atoms with Gasteiger partial charge < -0.3 is 19.5 Å². The maximum Gasteiger partial charge on any atom is 0.408 e. The van der Waals surface area contributed by atoms with Crippen LogP contribution in [0.1, 0.15) is 32.9 Å². The summed E-state index contributed by atoms with van der Waals surface area (Å²) < 4.78 is 16.0. The Labute approximate surface area is 188 Å². The lowest BCUT2D eigenvalue weighted by Crippen LogP contribution is -2.58. The van der Waals surface area contributed by atoms with Gasteiger partial charge in [-0.05, 0) is 57.9 Å². The first-order valence-corrected chi connectivity index (χ1v) is 10.9. The number of hydrogen-bond donors (Lipinski definition) is 1. The number of rotatable bonds is 9. The van der Waals surface area contributed by atoms with E-state index in [0.717, 1.165) is 29.6 Å². The Morgan fingerprint density at radius 1 is 1.25 bits per heavy atom. The van der Waals surface area contributed by atoms with E-state index in [1.807, 2.05) is 29.2 Å². The van der Waals surface area contributed by atoms with E-state index in [1.54, 1.807) is 27.0 Å². The zero-order valence-corrected chi connectivity index (χ0v) is 19.2. The van der Waals surface area contributed by atoms with E-state index < -0.39 is 23.7 Å². The zero-order chi connectivity index (χ0) is 23.1. The molecule has 1 amide bonds. The second kappa shape index (κ2) is 10.7. The minimum Gasteiger partial charge on any atom is -0.467 e. The standard InChI is InChI=1S/C23H32N4O5/c1-23(2,3)32-22(29)26-19(21(28)30-4)15-27-13-18(14-27)31-12-6-8-17-10-9-16-7-5-11-24-20(16)25-17/h5,7,9-11,18-19H,6,8,12-15H2,1-4H3,(H,26,29)/t19-/m0/s1. The molecule has 0 saturated carbocycles. The fourth-order valence-corrected chi connectivity index (χ4v) is 3.44. The van der Waals surface area contributed by atoms with E-state index >= 15 is 0 Å². The molecule has 2 aromatic heterocycles. The molecule has 9 nitrogen and oxygen atoms in total. The van der Waals surface area contributed by atoms with Crippen molar-refractivity contribution in [3.8, 4) is 0 Å². The number of aromatic nitrogens is 2. The molecule has 32 heavy (non-hydrogen) atoms. The number of carbonyl (C=O) groups excluding carboxylic acids is 2. The summed E-state index contributed by atoms with van der Waals surface area (Å²) in [5.74, 6) is -0.502. The molecular formula is C23H32N4O5. The Balaban J connectivity index is 1.36. The molecule has 1 saturated heterocycles. The smallest absolute Gasteiger partial charge is 0.408 e. The van der Waals surface area contributed by atoms with Crippen LogP contribution in [0.3, 0.4) is 0 Å². The Morgan fingerprint density at radius 3 is 2.75 bits per heavy atom. The number of fused-ring (bicyclic) bond motifs is 1. The van der Waals surface area contributed by atoms with Gasteiger partial charge in [-0.15, -0.1) is 0 Å². The highest BCUT2D eigenvalue weighted by Crippen LogP contribution is 2.15. The van der Waals surface area contributed by atoms with Gasteiger partial charge in [0.1, 0.15) is 11.6 Å². The van der Waals surface area contributed by atoms with Crippen molar-refractivity contribution in [3.05, 3.63) is 36.2 Å². The van der Waals surface area contributed by atoms with Crippen molar-refractivity contribution in [3.63, 3.8) is 0 Å². The van der Waals surface area contributed by atoms with E-state index in [1.165, 1.54) is 7.11 Å². The van der Waals surface area contributed by atoms with E-state index in [4.69, 9.17) is 14.2 Å². The van der Waals surface area contributed by atoms with Crippen LogP contribution in [0.4, 0.5) is 4.79 Å². The summed E-state index contributed by atoms with van der Waals surface area (Å²) in [4.78, 5) is 35.0. The molecule has 0 unspecified atom stereocenters. The lowest BCUT2D eigenvalue weighted by atomic mass is 10.1. The first-order valence-electron chi connectivity index (χ1n) is 10.9. The van der Waals surface area contributed by atoms with E-state index in [0.29, 0.717) is 26.2 Å². The van der Waals surface area contributed by atoms with Crippen LogP contribution in [0, 0.1) is 0 Å². The molecule has 3 heterocycles. The lowest BCUT2D eigenvalue weighted by molar-refractivity contribution is -0.145. The molecule has 174 valence electrons. The van der Waals surface area contributed by atoms with Crippen LogP contribution >= 0.6 is 0 Å². The first-order chi connectivity index (χ1) is 15.2. The molecule has 0 aliphatic carbocycles. The average Bonchev–Trinajstić information content (AvgIpc) is 2.71. The van der Waals surface area contributed by atoms with Crippen molar-refractivity contribution in [2.45, 2.75) is 51.4 Å². The number of alkyl carbamates (subject to hydrolysis) is 1. The number of likely N-dealkylation sites (tertiary alicyclic amines) is 1. The van der Waals surface area contributed by atoms with Gasteiger partial charge in [0.2, 0.25) is 0 Å². The van der Waals surface area contributed by atoms with Crippen LogP contribution < -0.4 is 5.32 Å². The van der Waals surface area contributed by atoms with Crippen molar-refractivity contribution < 1.29 is 23.8 Å². The number of aryl methyl sites for hydroxylation is 1. The van der Waals surface area contributed by atoms with Crippen molar-refractivity contribution in [1.82, 2.24) is 20.2 Å².